The van der Waals surface area contributed by atoms with Crippen LogP contribution < -0.4 is 23.8 Å². The van der Waals surface area contributed by atoms with E-state index in [1.54, 1.807) is 24.3 Å². The van der Waals surface area contributed by atoms with Crippen LogP contribution in [0.25, 0.3) is 0 Å². The van der Waals surface area contributed by atoms with E-state index >= 15 is 0 Å². The zero-order chi connectivity index (χ0) is 27.3. The van der Waals surface area contributed by atoms with Gasteiger partial charge in [-0.1, -0.05) is 0 Å². The minimum Gasteiger partial charge on any atom is -0.492 e. The molecule has 7 atom stereocenters. The van der Waals surface area contributed by atoms with Gasteiger partial charge in [0.25, 0.3) is 0 Å². The van der Waals surface area contributed by atoms with Crippen molar-refractivity contribution in [3.8, 4) is 28.7 Å². The van der Waals surface area contributed by atoms with Crippen LogP contribution in [0.4, 0.5) is 0 Å². The molecule has 1 fully saturated rings. The van der Waals surface area contributed by atoms with E-state index in [0.29, 0.717) is 35.2 Å². The summed E-state index contributed by atoms with van der Waals surface area (Å²) in [6, 6.07) is 8.54. The second kappa shape index (κ2) is 10.1. The first-order valence-electron chi connectivity index (χ1n) is 12.1. The monoisotopic (exact) mass is 548 g/mol. The van der Waals surface area contributed by atoms with Gasteiger partial charge in [-0.15, -0.1) is 0 Å². The number of esters is 1. The number of rotatable bonds is 7. The molecule has 208 valence electrons. The van der Waals surface area contributed by atoms with Crippen molar-refractivity contribution < 1.29 is 68.2 Å². The maximum atomic E-state index is 11.4. The number of carbonyl (C=O) groups excluding carboxylic acids is 1. The highest BCUT2D eigenvalue weighted by atomic mass is 17.2. The Kier molecular flexibility index (Phi) is 6.56. The highest BCUT2D eigenvalue weighted by molar-refractivity contribution is 5.90. The van der Waals surface area contributed by atoms with E-state index in [-0.39, 0.29) is 24.6 Å². The van der Waals surface area contributed by atoms with E-state index in [0.717, 1.165) is 5.56 Å². The largest absolute Gasteiger partial charge is 0.492 e. The van der Waals surface area contributed by atoms with Gasteiger partial charge >= 0.3 is 11.9 Å². The zero-order valence-corrected chi connectivity index (χ0v) is 20.1. The molecule has 1 saturated heterocycles. The molecule has 0 aliphatic carbocycles. The highest BCUT2D eigenvalue weighted by Crippen LogP contribution is 2.54. The van der Waals surface area contributed by atoms with E-state index in [9.17, 15) is 24.9 Å². The quantitative estimate of drug-likeness (QED) is 0.158. The summed E-state index contributed by atoms with van der Waals surface area (Å²) in [7, 11) is 0. The average molecular weight is 548 g/mol. The fourth-order valence-corrected chi connectivity index (χ4v) is 4.90. The number of carbonyl (C=O) groups is 2. The van der Waals surface area contributed by atoms with E-state index < -0.39 is 55.7 Å². The molecule has 2 aromatic carbocycles. The van der Waals surface area contributed by atoms with Gasteiger partial charge in [0.15, 0.2) is 29.6 Å². The fourth-order valence-electron chi connectivity index (χ4n) is 4.90. The molecule has 0 unspecified atom stereocenters. The van der Waals surface area contributed by atoms with Gasteiger partial charge in [-0.25, -0.2) is 0 Å². The Morgan fingerprint density at radius 2 is 1.72 bits per heavy atom. The van der Waals surface area contributed by atoms with Crippen LogP contribution in [0.15, 0.2) is 30.3 Å². The number of aliphatic hydroxyl groups excluding tert-OH is 3. The Balaban J connectivity index is 1.10. The van der Waals surface area contributed by atoms with Crippen molar-refractivity contribution in [3.05, 3.63) is 41.5 Å². The second-order valence-electron chi connectivity index (χ2n) is 9.34. The number of benzene rings is 2. The van der Waals surface area contributed by atoms with Crippen LogP contribution in [-0.4, -0.2) is 83.1 Å². The maximum absolute atomic E-state index is 11.4. The predicted octanol–water partition coefficient (Wildman–Crippen LogP) is 0.161. The topological polar surface area (TPSA) is 189 Å². The van der Waals surface area contributed by atoms with Crippen molar-refractivity contribution in [2.24, 2.45) is 0 Å². The number of hydrogen-bond donors (Lipinski definition) is 4. The number of carboxylic acid groups (broad SMARTS) is 1. The molecule has 14 nitrogen and oxygen atoms in total. The zero-order valence-electron chi connectivity index (χ0n) is 20.1. The van der Waals surface area contributed by atoms with Gasteiger partial charge < -0.3 is 53.7 Å². The SMILES string of the molecule is O=C(O)CC(=O)OC[C@H]1O[C@@H](O)[C@@H](OOc2ccc3c(c2)[C@@H]2Oc4cc5c(cc4[C@H]2CO3)OCO5)[C@@H](O)[C@@H]1O. The molecular formula is C25H24O14. The van der Waals surface area contributed by atoms with Gasteiger partial charge in [0.05, 0.1) is 12.5 Å². The molecule has 14 heteroatoms. The molecule has 4 N–H and O–H groups in total. The smallest absolute Gasteiger partial charge is 0.317 e. The third-order valence-electron chi connectivity index (χ3n) is 6.85. The standard InChI is InChI=1S/C25H24O14/c26-19(27)6-20(28)33-8-18-21(29)22(30)24(25(31)37-18)39-38-10-1-2-14-12(3-10)23-13(7-32-14)11-4-16-17(35-9-34-16)5-15(11)36-23/h1-5,13,18,21-25,29-31H,6-9H2,(H,26,27)/t13-,18-,21-,22+,23+,24+,25-/m1/s1. The summed E-state index contributed by atoms with van der Waals surface area (Å²) in [6.07, 6.45) is -9.22. The van der Waals surface area contributed by atoms with Crippen molar-refractivity contribution in [1.82, 2.24) is 0 Å². The number of carboxylic acids is 1. The molecule has 6 rings (SSSR count). The van der Waals surface area contributed by atoms with Gasteiger partial charge in [-0.05, 0) is 24.3 Å². The molecule has 0 radical (unpaired) electrons. The molecule has 4 aliphatic rings. The molecule has 0 spiro atoms. The van der Waals surface area contributed by atoms with Crippen molar-refractivity contribution in [1.29, 1.82) is 0 Å². The summed E-state index contributed by atoms with van der Waals surface area (Å²) in [5, 5.41) is 39.7. The Labute approximate surface area is 220 Å². The summed E-state index contributed by atoms with van der Waals surface area (Å²) in [5.41, 5.74) is 1.62. The predicted molar refractivity (Wildman–Crippen MR) is 122 cm³/mol. The summed E-state index contributed by atoms with van der Waals surface area (Å²) < 4.78 is 33.0. The lowest BCUT2D eigenvalue weighted by atomic mass is 9.89. The molecule has 39 heavy (non-hydrogen) atoms. The van der Waals surface area contributed by atoms with Gasteiger partial charge in [-0.3, -0.25) is 9.59 Å². The Morgan fingerprint density at radius 1 is 0.923 bits per heavy atom. The first-order valence-corrected chi connectivity index (χ1v) is 12.1. The molecular weight excluding hydrogens is 524 g/mol. The average Bonchev–Trinajstić information content (AvgIpc) is 3.51. The molecule has 4 heterocycles. The molecule has 0 amide bonds. The number of ether oxygens (including phenoxy) is 6. The number of fused-ring (bicyclic) bond motifs is 6. The number of hydrogen-bond acceptors (Lipinski definition) is 13. The number of aliphatic carboxylic acids is 1. The van der Waals surface area contributed by atoms with Crippen LogP contribution in [0, 0.1) is 0 Å². The number of aliphatic hydroxyl groups is 3. The Morgan fingerprint density at radius 3 is 2.51 bits per heavy atom. The van der Waals surface area contributed by atoms with Crippen LogP contribution in [-0.2, 0) is 24.0 Å². The second-order valence-corrected chi connectivity index (χ2v) is 9.34. The minimum atomic E-state index is -1.77. The lowest BCUT2D eigenvalue weighted by Gasteiger charge is -2.39. The first kappa shape index (κ1) is 25.5. The van der Waals surface area contributed by atoms with E-state index in [2.05, 4.69) is 0 Å². The highest BCUT2D eigenvalue weighted by Gasteiger charge is 2.47. The normalized spacial score (nSPS) is 29.8. The third kappa shape index (κ3) is 4.77. The van der Waals surface area contributed by atoms with E-state index in [4.69, 9.17) is 43.3 Å². The summed E-state index contributed by atoms with van der Waals surface area (Å²) >= 11 is 0. The van der Waals surface area contributed by atoms with Crippen molar-refractivity contribution >= 4 is 11.9 Å². The first-order chi connectivity index (χ1) is 18.8. The lowest BCUT2D eigenvalue weighted by molar-refractivity contribution is -0.365. The molecule has 0 aromatic heterocycles. The van der Waals surface area contributed by atoms with Gasteiger partial charge in [0, 0.05) is 17.2 Å². The maximum Gasteiger partial charge on any atom is 0.317 e. The van der Waals surface area contributed by atoms with Crippen LogP contribution in [0.2, 0.25) is 0 Å². The van der Waals surface area contributed by atoms with Gasteiger partial charge in [0.2, 0.25) is 6.79 Å². The fraction of sp³-hybridized carbons (Fsp3) is 0.440. The van der Waals surface area contributed by atoms with Crippen molar-refractivity contribution in [3.63, 3.8) is 0 Å². The third-order valence-corrected chi connectivity index (χ3v) is 6.85. The Hall–Kier alpha value is -3.82. The molecule has 4 aliphatic heterocycles. The minimum absolute atomic E-state index is 0.106. The molecule has 0 bridgehead atoms. The summed E-state index contributed by atoms with van der Waals surface area (Å²) in [6.45, 7) is -0.0465. The van der Waals surface area contributed by atoms with E-state index in [1.165, 1.54) is 0 Å². The van der Waals surface area contributed by atoms with E-state index in [1.807, 2.05) is 6.07 Å². The van der Waals surface area contributed by atoms with Crippen LogP contribution in [0.3, 0.4) is 0 Å². The Bertz CT molecular complexity index is 1280. The molecule has 0 saturated carbocycles. The van der Waals surface area contributed by atoms with Crippen molar-refractivity contribution in [2.45, 2.75) is 49.1 Å². The lowest BCUT2D eigenvalue weighted by Crippen LogP contribution is -2.59. The molecule has 2 aromatic rings. The van der Waals surface area contributed by atoms with Crippen LogP contribution in [0.1, 0.15) is 29.6 Å². The summed E-state index contributed by atoms with van der Waals surface area (Å²) in [4.78, 5) is 32.6. The van der Waals surface area contributed by atoms with Gasteiger partial charge in [-0.2, -0.15) is 4.89 Å². The summed E-state index contributed by atoms with van der Waals surface area (Å²) in [5.74, 6) is 0.136. The van der Waals surface area contributed by atoms with Crippen LogP contribution >= 0.6 is 0 Å². The van der Waals surface area contributed by atoms with Crippen molar-refractivity contribution in [2.75, 3.05) is 20.0 Å². The van der Waals surface area contributed by atoms with Crippen LogP contribution in [0.5, 0.6) is 28.7 Å². The van der Waals surface area contributed by atoms with Gasteiger partial charge in [0.1, 0.15) is 48.9 Å².